The number of aliphatic hydroxyl groups excluding tert-OH is 1. The molecule has 0 aliphatic heterocycles. The lowest BCUT2D eigenvalue weighted by Gasteiger charge is -2.10. The van der Waals surface area contributed by atoms with Gasteiger partial charge in [-0.15, -0.1) is 0 Å². The van der Waals surface area contributed by atoms with Gasteiger partial charge in [-0.05, 0) is 32.1 Å². The molecule has 0 aliphatic rings. The minimum Gasteiger partial charge on any atom is -0.477 e. The monoisotopic (exact) mass is 244 g/mol. The van der Waals surface area contributed by atoms with Crippen LogP contribution in [0.2, 0.25) is 5.02 Å². The lowest BCUT2D eigenvalue weighted by Crippen LogP contribution is -2.15. The van der Waals surface area contributed by atoms with Gasteiger partial charge in [0.1, 0.15) is 5.02 Å². The van der Waals surface area contributed by atoms with E-state index in [-0.39, 0.29) is 6.61 Å². The highest BCUT2D eigenvalue weighted by Gasteiger charge is 2.04. The number of aromatic nitrogens is 1. The topological polar surface area (TPSA) is 45.6 Å². The smallest absolute Gasteiger partial charge is 0.232 e. The van der Waals surface area contributed by atoms with Crippen molar-refractivity contribution in [1.29, 1.82) is 0 Å². The van der Waals surface area contributed by atoms with E-state index in [1.165, 1.54) is 0 Å². The summed E-state index contributed by atoms with van der Waals surface area (Å²) in [6.45, 7) is 1.49. The zero-order valence-electron chi connectivity index (χ0n) is 9.61. The molecule has 0 radical (unpaired) electrons. The van der Waals surface area contributed by atoms with Crippen molar-refractivity contribution in [3.63, 3.8) is 0 Å². The molecule has 0 aliphatic carbocycles. The average molecular weight is 245 g/mol. The molecule has 90 valence electrons. The lowest BCUT2D eigenvalue weighted by molar-refractivity contribution is 0.270. The Hall–Kier alpha value is -0.840. The van der Waals surface area contributed by atoms with Crippen molar-refractivity contribution in [2.45, 2.75) is 13.0 Å². The van der Waals surface area contributed by atoms with E-state index in [4.69, 9.17) is 21.4 Å². The number of hydrogen-bond donors (Lipinski definition) is 1. The first-order valence-electron chi connectivity index (χ1n) is 5.16. The largest absolute Gasteiger partial charge is 0.477 e. The first-order valence-corrected chi connectivity index (χ1v) is 5.54. The summed E-state index contributed by atoms with van der Waals surface area (Å²) in [5.74, 6) is 0.428. The molecule has 16 heavy (non-hydrogen) atoms. The van der Waals surface area contributed by atoms with E-state index in [1.807, 2.05) is 14.1 Å². The Kier molecular flexibility index (Phi) is 5.52. The van der Waals surface area contributed by atoms with Crippen molar-refractivity contribution in [2.24, 2.45) is 0 Å². The number of rotatable bonds is 6. The molecular weight excluding hydrogens is 228 g/mol. The molecule has 0 fully saturated rings. The average Bonchev–Trinajstić information content (AvgIpc) is 2.25. The maximum Gasteiger partial charge on any atom is 0.232 e. The van der Waals surface area contributed by atoms with Gasteiger partial charge in [0.15, 0.2) is 0 Å². The third-order valence-corrected chi connectivity index (χ3v) is 2.31. The third-order valence-electron chi connectivity index (χ3n) is 2.04. The van der Waals surface area contributed by atoms with Gasteiger partial charge < -0.3 is 14.7 Å². The Bertz CT molecular complexity index is 332. The van der Waals surface area contributed by atoms with Crippen LogP contribution in [-0.2, 0) is 6.61 Å². The second-order valence-corrected chi connectivity index (χ2v) is 4.20. The van der Waals surface area contributed by atoms with Crippen LogP contribution in [0.1, 0.15) is 12.0 Å². The summed E-state index contributed by atoms with van der Waals surface area (Å²) in [5.41, 5.74) is 0.686. The molecule has 5 heteroatoms. The fraction of sp³-hybridized carbons (Fsp3) is 0.545. The van der Waals surface area contributed by atoms with E-state index in [2.05, 4.69) is 9.88 Å². The van der Waals surface area contributed by atoms with Crippen molar-refractivity contribution in [3.8, 4) is 5.88 Å². The number of hydrogen-bond acceptors (Lipinski definition) is 4. The Balaban J connectivity index is 2.42. The summed E-state index contributed by atoms with van der Waals surface area (Å²) in [5, 5.41) is 9.32. The molecule has 0 saturated carbocycles. The number of nitrogens with zero attached hydrogens (tertiary/aromatic N) is 2. The van der Waals surface area contributed by atoms with E-state index < -0.39 is 0 Å². The highest BCUT2D eigenvalue weighted by Crippen LogP contribution is 2.22. The van der Waals surface area contributed by atoms with Crippen LogP contribution >= 0.6 is 11.6 Å². The summed E-state index contributed by atoms with van der Waals surface area (Å²) in [4.78, 5) is 6.13. The van der Waals surface area contributed by atoms with E-state index in [0.717, 1.165) is 13.0 Å². The molecule has 0 bridgehead atoms. The number of pyridine rings is 1. The van der Waals surface area contributed by atoms with E-state index in [0.29, 0.717) is 23.1 Å². The standard InChI is InChI=1S/C11H17ClN2O2/c1-14(2)4-3-5-16-11-10(12)6-9(8-15)7-13-11/h6-7,15H,3-5,8H2,1-2H3. The summed E-state index contributed by atoms with van der Waals surface area (Å²) in [6.07, 6.45) is 2.49. The fourth-order valence-corrected chi connectivity index (χ4v) is 1.45. The van der Waals surface area contributed by atoms with Gasteiger partial charge in [0, 0.05) is 12.7 Å². The second kappa shape index (κ2) is 6.68. The van der Waals surface area contributed by atoms with E-state index >= 15 is 0 Å². The number of halogens is 1. The quantitative estimate of drug-likeness (QED) is 0.772. The minimum atomic E-state index is -0.0619. The van der Waals surface area contributed by atoms with Crippen molar-refractivity contribution < 1.29 is 9.84 Å². The fourth-order valence-electron chi connectivity index (χ4n) is 1.21. The first kappa shape index (κ1) is 13.2. The van der Waals surface area contributed by atoms with Crippen LogP contribution in [0.5, 0.6) is 5.88 Å². The molecule has 4 nitrogen and oxygen atoms in total. The van der Waals surface area contributed by atoms with Gasteiger partial charge in [0.05, 0.1) is 13.2 Å². The number of aliphatic hydroxyl groups is 1. The normalized spacial score (nSPS) is 10.8. The molecule has 0 aromatic carbocycles. The van der Waals surface area contributed by atoms with Crippen LogP contribution in [0, 0.1) is 0 Å². The molecule has 0 spiro atoms. The maximum atomic E-state index is 8.88. The van der Waals surface area contributed by atoms with Crippen LogP contribution in [-0.4, -0.2) is 42.2 Å². The van der Waals surface area contributed by atoms with Crippen LogP contribution in [0.25, 0.3) is 0 Å². The summed E-state index contributed by atoms with van der Waals surface area (Å²) in [6, 6.07) is 1.66. The molecule has 0 amide bonds. The second-order valence-electron chi connectivity index (χ2n) is 3.79. The van der Waals surface area contributed by atoms with Crippen LogP contribution in [0.3, 0.4) is 0 Å². The van der Waals surface area contributed by atoms with Gasteiger partial charge in [0.2, 0.25) is 5.88 Å². The predicted octanol–water partition coefficient (Wildman–Crippen LogP) is 1.56. The number of ether oxygens (including phenoxy) is 1. The van der Waals surface area contributed by atoms with Crippen molar-refractivity contribution in [2.75, 3.05) is 27.2 Å². The summed E-state index contributed by atoms with van der Waals surface area (Å²) < 4.78 is 5.44. The zero-order chi connectivity index (χ0) is 12.0. The molecule has 1 aromatic heterocycles. The van der Waals surface area contributed by atoms with Gasteiger partial charge >= 0.3 is 0 Å². The van der Waals surface area contributed by atoms with Crippen LogP contribution in [0.15, 0.2) is 12.3 Å². The maximum absolute atomic E-state index is 8.88. The van der Waals surface area contributed by atoms with Gasteiger partial charge in [-0.2, -0.15) is 0 Å². The van der Waals surface area contributed by atoms with Gasteiger partial charge in [-0.25, -0.2) is 4.98 Å². The van der Waals surface area contributed by atoms with Crippen LogP contribution in [0.4, 0.5) is 0 Å². The lowest BCUT2D eigenvalue weighted by atomic mass is 10.3. The van der Waals surface area contributed by atoms with Crippen molar-refractivity contribution in [1.82, 2.24) is 9.88 Å². The Morgan fingerprint density at radius 2 is 2.25 bits per heavy atom. The van der Waals surface area contributed by atoms with E-state index in [1.54, 1.807) is 12.3 Å². The molecule has 0 saturated heterocycles. The predicted molar refractivity (Wildman–Crippen MR) is 63.8 cm³/mol. The molecule has 0 unspecified atom stereocenters. The Labute approximate surface area is 101 Å². The molecule has 0 atom stereocenters. The molecular formula is C11H17ClN2O2. The molecule has 1 N–H and O–H groups in total. The highest BCUT2D eigenvalue weighted by molar-refractivity contribution is 6.31. The molecule has 1 rings (SSSR count). The minimum absolute atomic E-state index is 0.0619. The Morgan fingerprint density at radius 3 is 2.81 bits per heavy atom. The van der Waals surface area contributed by atoms with Gasteiger partial charge in [0.25, 0.3) is 0 Å². The van der Waals surface area contributed by atoms with E-state index in [9.17, 15) is 0 Å². The highest BCUT2D eigenvalue weighted by atomic mass is 35.5. The summed E-state index contributed by atoms with van der Waals surface area (Å²) >= 11 is 5.94. The Morgan fingerprint density at radius 1 is 1.50 bits per heavy atom. The van der Waals surface area contributed by atoms with Crippen LogP contribution < -0.4 is 4.74 Å². The SMILES string of the molecule is CN(C)CCCOc1ncc(CO)cc1Cl. The van der Waals surface area contributed by atoms with Gasteiger partial charge in [-0.3, -0.25) is 0 Å². The zero-order valence-corrected chi connectivity index (χ0v) is 10.4. The van der Waals surface area contributed by atoms with Gasteiger partial charge in [-0.1, -0.05) is 11.6 Å². The summed E-state index contributed by atoms with van der Waals surface area (Å²) in [7, 11) is 4.03. The third kappa shape index (κ3) is 4.35. The van der Waals surface area contributed by atoms with Crippen molar-refractivity contribution >= 4 is 11.6 Å². The van der Waals surface area contributed by atoms with Crippen molar-refractivity contribution in [3.05, 3.63) is 22.8 Å². The molecule has 1 aromatic rings. The first-order chi connectivity index (χ1) is 7.63. The molecule has 1 heterocycles.